The molecule has 0 unspecified atom stereocenters. The molecule has 2 aromatic heterocycles. The summed E-state index contributed by atoms with van der Waals surface area (Å²) in [6, 6.07) is 10.6. The summed E-state index contributed by atoms with van der Waals surface area (Å²) in [6.45, 7) is 4.88. The molecule has 0 fully saturated rings. The van der Waals surface area contributed by atoms with E-state index in [1.165, 1.54) is 33.3 Å². The quantitative estimate of drug-likeness (QED) is 0.730. The first kappa shape index (κ1) is 17.8. The third-order valence-electron chi connectivity index (χ3n) is 5.28. The molecule has 0 saturated heterocycles. The lowest BCUT2D eigenvalue weighted by atomic mass is 10.0. The van der Waals surface area contributed by atoms with Crippen molar-refractivity contribution in [2.45, 2.75) is 19.9 Å². The molecule has 3 aromatic rings. The molecule has 5 heteroatoms. The number of benzene rings is 1. The van der Waals surface area contributed by atoms with Gasteiger partial charge < -0.3 is 19.9 Å². The summed E-state index contributed by atoms with van der Waals surface area (Å²) in [5, 5.41) is 13.7. The van der Waals surface area contributed by atoms with Crippen LogP contribution < -0.4 is 5.32 Å². The number of pyridine rings is 1. The smallest absolute Gasteiger partial charge is 0.0604 e. The first-order chi connectivity index (χ1) is 13.2. The highest BCUT2D eigenvalue weighted by Crippen LogP contribution is 2.33. The van der Waals surface area contributed by atoms with E-state index in [-0.39, 0.29) is 6.61 Å². The number of hydrogen-bond acceptors (Lipinski definition) is 4. The third-order valence-corrected chi connectivity index (χ3v) is 5.28. The van der Waals surface area contributed by atoms with E-state index in [1.807, 2.05) is 12.4 Å². The normalized spacial score (nSPS) is 15.1. The van der Waals surface area contributed by atoms with Gasteiger partial charge in [0.15, 0.2) is 0 Å². The van der Waals surface area contributed by atoms with Gasteiger partial charge in [0.05, 0.1) is 12.1 Å². The topological polar surface area (TPSA) is 53.3 Å². The maximum atomic E-state index is 9.09. The Kier molecular flexibility index (Phi) is 4.97. The molecule has 27 heavy (non-hydrogen) atoms. The van der Waals surface area contributed by atoms with Crippen molar-refractivity contribution in [3.63, 3.8) is 0 Å². The SMILES string of the molecule is C/C(=C\n1c2c(c3cc(NCCO)ccc31)CN(C)CC2)c1ccncc1. The van der Waals surface area contributed by atoms with Crippen LogP contribution in [-0.4, -0.2) is 46.3 Å². The summed E-state index contributed by atoms with van der Waals surface area (Å²) in [6.07, 6.45) is 6.97. The fraction of sp³-hybridized carbons (Fsp3) is 0.318. The van der Waals surface area contributed by atoms with Gasteiger partial charge in [-0.2, -0.15) is 0 Å². The second-order valence-electron chi connectivity index (χ2n) is 7.21. The van der Waals surface area contributed by atoms with E-state index in [4.69, 9.17) is 5.11 Å². The van der Waals surface area contributed by atoms with Crippen LogP contribution in [0.1, 0.15) is 23.7 Å². The van der Waals surface area contributed by atoms with Gasteiger partial charge in [0.2, 0.25) is 0 Å². The van der Waals surface area contributed by atoms with Crippen molar-refractivity contribution in [1.82, 2.24) is 14.5 Å². The van der Waals surface area contributed by atoms with Gasteiger partial charge in [0.1, 0.15) is 0 Å². The van der Waals surface area contributed by atoms with Gasteiger partial charge in [-0.3, -0.25) is 4.98 Å². The van der Waals surface area contributed by atoms with Crippen molar-refractivity contribution in [1.29, 1.82) is 0 Å². The molecule has 1 aliphatic heterocycles. The first-order valence-electron chi connectivity index (χ1n) is 9.45. The molecule has 0 saturated carbocycles. The minimum Gasteiger partial charge on any atom is -0.395 e. The Hall–Kier alpha value is -2.63. The Morgan fingerprint density at radius 3 is 2.85 bits per heavy atom. The summed E-state index contributed by atoms with van der Waals surface area (Å²) >= 11 is 0. The van der Waals surface area contributed by atoms with Crippen LogP contribution in [0.5, 0.6) is 0 Å². The average molecular weight is 362 g/mol. The lowest BCUT2D eigenvalue weighted by molar-refractivity contribution is 0.311. The Morgan fingerprint density at radius 1 is 1.26 bits per heavy atom. The zero-order chi connectivity index (χ0) is 18.8. The van der Waals surface area contributed by atoms with E-state index in [9.17, 15) is 0 Å². The molecule has 5 nitrogen and oxygen atoms in total. The van der Waals surface area contributed by atoms with Crippen LogP contribution >= 0.6 is 0 Å². The molecule has 4 rings (SSSR count). The van der Waals surface area contributed by atoms with E-state index < -0.39 is 0 Å². The number of nitrogens with zero attached hydrogens (tertiary/aromatic N) is 3. The van der Waals surface area contributed by atoms with Crippen LogP contribution in [0.2, 0.25) is 0 Å². The molecule has 140 valence electrons. The maximum absolute atomic E-state index is 9.09. The van der Waals surface area contributed by atoms with E-state index >= 15 is 0 Å². The Balaban J connectivity index is 1.85. The Labute approximate surface area is 160 Å². The molecule has 0 spiro atoms. The zero-order valence-electron chi connectivity index (χ0n) is 15.9. The van der Waals surface area contributed by atoms with Gasteiger partial charge in [0.25, 0.3) is 0 Å². The number of aromatic nitrogens is 2. The molecule has 0 aliphatic carbocycles. The number of hydrogen-bond donors (Lipinski definition) is 2. The molecular weight excluding hydrogens is 336 g/mol. The average Bonchev–Trinajstić information content (AvgIpc) is 2.99. The van der Waals surface area contributed by atoms with Crippen LogP contribution in [0, 0.1) is 0 Å². The number of allylic oxidation sites excluding steroid dienone is 1. The second-order valence-corrected chi connectivity index (χ2v) is 7.21. The second kappa shape index (κ2) is 7.55. The van der Waals surface area contributed by atoms with Crippen molar-refractivity contribution < 1.29 is 5.11 Å². The van der Waals surface area contributed by atoms with Crippen LogP contribution in [0.4, 0.5) is 5.69 Å². The fourth-order valence-electron chi connectivity index (χ4n) is 3.87. The summed E-state index contributed by atoms with van der Waals surface area (Å²) in [5.74, 6) is 0. The van der Waals surface area contributed by atoms with Crippen LogP contribution in [0.15, 0.2) is 42.7 Å². The number of likely N-dealkylation sites (N-methyl/N-ethyl adjacent to an activating group) is 1. The first-order valence-corrected chi connectivity index (χ1v) is 9.45. The third kappa shape index (κ3) is 3.48. The van der Waals surface area contributed by atoms with E-state index in [0.29, 0.717) is 6.54 Å². The molecule has 1 aliphatic rings. The number of nitrogens with one attached hydrogen (secondary N) is 1. The minimum atomic E-state index is 0.133. The largest absolute Gasteiger partial charge is 0.395 e. The van der Waals surface area contributed by atoms with Gasteiger partial charge in [-0.15, -0.1) is 0 Å². The van der Waals surface area contributed by atoms with Gasteiger partial charge in [-0.25, -0.2) is 0 Å². The van der Waals surface area contributed by atoms with Crippen LogP contribution in [-0.2, 0) is 13.0 Å². The maximum Gasteiger partial charge on any atom is 0.0604 e. The van der Waals surface area contributed by atoms with Gasteiger partial charge in [-0.1, -0.05) is 0 Å². The minimum absolute atomic E-state index is 0.133. The van der Waals surface area contributed by atoms with Crippen molar-refractivity contribution in [3.8, 4) is 0 Å². The molecule has 3 heterocycles. The Bertz CT molecular complexity index is 975. The summed E-state index contributed by atoms with van der Waals surface area (Å²) in [4.78, 5) is 6.50. The Morgan fingerprint density at radius 2 is 2.07 bits per heavy atom. The standard InChI is InChI=1S/C22H26N4O/c1-16(17-5-8-23-9-6-17)14-26-21-4-3-18(24-10-12-27)13-19(21)20-15-25(2)11-7-22(20)26/h3-6,8-9,13-14,24,27H,7,10-12,15H2,1-2H3/b16-14+. The lowest BCUT2D eigenvalue weighted by Gasteiger charge is -2.23. The monoisotopic (exact) mass is 362 g/mol. The number of aliphatic hydroxyl groups excluding tert-OH is 1. The van der Waals surface area contributed by atoms with Crippen LogP contribution in [0.25, 0.3) is 22.7 Å². The van der Waals surface area contributed by atoms with Gasteiger partial charge >= 0.3 is 0 Å². The van der Waals surface area contributed by atoms with Gasteiger partial charge in [-0.05, 0) is 61.0 Å². The van der Waals surface area contributed by atoms with Crippen LogP contribution in [0.3, 0.4) is 0 Å². The van der Waals surface area contributed by atoms with E-state index in [2.05, 4.69) is 70.3 Å². The lowest BCUT2D eigenvalue weighted by Crippen LogP contribution is -2.26. The number of fused-ring (bicyclic) bond motifs is 3. The van der Waals surface area contributed by atoms with Crippen molar-refractivity contribution in [2.24, 2.45) is 0 Å². The predicted octanol–water partition coefficient (Wildman–Crippen LogP) is 3.45. The zero-order valence-corrected chi connectivity index (χ0v) is 15.9. The van der Waals surface area contributed by atoms with E-state index in [0.717, 1.165) is 25.2 Å². The predicted molar refractivity (Wildman–Crippen MR) is 112 cm³/mol. The summed E-state index contributed by atoms with van der Waals surface area (Å²) in [7, 11) is 2.18. The highest BCUT2D eigenvalue weighted by molar-refractivity contribution is 5.92. The van der Waals surface area contributed by atoms with E-state index in [1.54, 1.807) is 0 Å². The highest BCUT2D eigenvalue weighted by atomic mass is 16.3. The van der Waals surface area contributed by atoms with Crippen molar-refractivity contribution in [3.05, 3.63) is 59.5 Å². The number of rotatable bonds is 5. The summed E-state index contributed by atoms with van der Waals surface area (Å²) < 4.78 is 2.36. The van der Waals surface area contributed by atoms with Crippen molar-refractivity contribution >= 4 is 28.4 Å². The molecule has 0 amide bonds. The molecule has 0 bridgehead atoms. The summed E-state index contributed by atoms with van der Waals surface area (Å²) in [5.41, 5.74) is 7.51. The molecule has 2 N–H and O–H groups in total. The molecular formula is C22H26N4O. The molecule has 0 radical (unpaired) electrons. The number of aliphatic hydroxyl groups is 1. The fourth-order valence-corrected chi connectivity index (χ4v) is 3.87. The van der Waals surface area contributed by atoms with Gasteiger partial charge in [0, 0.05) is 61.4 Å². The molecule has 1 aromatic carbocycles. The van der Waals surface area contributed by atoms with Crippen molar-refractivity contribution in [2.75, 3.05) is 32.1 Å². The number of anilines is 1. The highest BCUT2D eigenvalue weighted by Gasteiger charge is 2.22. The molecule has 0 atom stereocenters.